The first-order valence-corrected chi connectivity index (χ1v) is 9.87. The molecule has 1 heterocycles. The van der Waals surface area contributed by atoms with Crippen LogP contribution in [0.2, 0.25) is 5.02 Å². The van der Waals surface area contributed by atoms with Crippen molar-refractivity contribution in [2.75, 3.05) is 6.54 Å². The molecule has 1 amide bonds. The van der Waals surface area contributed by atoms with Crippen LogP contribution in [0.3, 0.4) is 0 Å². The van der Waals surface area contributed by atoms with Crippen LogP contribution in [0.5, 0.6) is 0 Å². The molecule has 0 saturated carbocycles. The summed E-state index contributed by atoms with van der Waals surface area (Å²) in [5, 5.41) is 9.41. The predicted molar refractivity (Wildman–Crippen MR) is 114 cm³/mol. The number of hydrogen-bond donors (Lipinski definition) is 1. The minimum atomic E-state index is -0.881. The lowest BCUT2D eigenvalue weighted by atomic mass is 10.0. The zero-order valence-electron chi connectivity index (χ0n) is 14.2. The summed E-state index contributed by atoms with van der Waals surface area (Å²) in [5.41, 5.74) is 2.89. The summed E-state index contributed by atoms with van der Waals surface area (Å²) < 4.78 is 0.461. The number of carbonyl (C=O) groups excluding carboxylic acids is 1. The second-order valence-electron chi connectivity index (χ2n) is 5.97. The molecule has 0 unspecified atom stereocenters. The lowest BCUT2D eigenvalue weighted by Gasteiger charge is -2.13. The van der Waals surface area contributed by atoms with E-state index in [0.29, 0.717) is 27.2 Å². The smallest absolute Gasteiger partial charge is 0.303 e. The van der Waals surface area contributed by atoms with Crippen molar-refractivity contribution in [3.63, 3.8) is 0 Å². The van der Waals surface area contributed by atoms with Gasteiger partial charge in [-0.1, -0.05) is 65.9 Å². The van der Waals surface area contributed by atoms with Gasteiger partial charge < -0.3 is 5.11 Å². The number of aliphatic carboxylic acids is 1. The topological polar surface area (TPSA) is 57.6 Å². The molecule has 4 nitrogen and oxygen atoms in total. The quantitative estimate of drug-likeness (QED) is 0.525. The number of nitrogens with zero attached hydrogens (tertiary/aromatic N) is 1. The van der Waals surface area contributed by atoms with Gasteiger partial charge >= 0.3 is 5.97 Å². The minimum absolute atomic E-state index is 0.0117. The Bertz CT molecular complexity index is 942. The lowest BCUT2D eigenvalue weighted by Crippen LogP contribution is -2.29. The SMILES string of the molecule is O=C(O)CCCN1C(=O)/C(=C/c2cccc(-c3cccc(Cl)c3)c2)SC1=S. The monoisotopic (exact) mass is 417 g/mol. The molecule has 3 rings (SSSR count). The van der Waals surface area contributed by atoms with E-state index in [9.17, 15) is 9.59 Å². The summed E-state index contributed by atoms with van der Waals surface area (Å²) in [4.78, 5) is 25.2. The summed E-state index contributed by atoms with van der Waals surface area (Å²) in [6, 6.07) is 15.4. The number of thiocarbonyl (C=S) groups is 1. The van der Waals surface area contributed by atoms with Gasteiger partial charge in [-0.25, -0.2) is 0 Å². The van der Waals surface area contributed by atoms with E-state index in [1.165, 1.54) is 16.7 Å². The van der Waals surface area contributed by atoms with E-state index in [0.717, 1.165) is 16.7 Å². The van der Waals surface area contributed by atoms with Crippen LogP contribution >= 0.6 is 35.6 Å². The molecule has 0 bridgehead atoms. The van der Waals surface area contributed by atoms with Crippen molar-refractivity contribution < 1.29 is 14.7 Å². The fourth-order valence-corrected chi connectivity index (χ4v) is 4.21. The summed E-state index contributed by atoms with van der Waals surface area (Å²) in [7, 11) is 0. The normalized spacial score (nSPS) is 15.6. The Morgan fingerprint density at radius 2 is 1.89 bits per heavy atom. The standard InChI is InChI=1S/C20H16ClNO3S2/c21-16-7-2-6-15(12-16)14-5-1-4-13(10-14)11-17-19(25)22(20(26)27-17)9-3-8-18(23)24/h1-2,4-7,10-12H,3,8-9H2,(H,23,24)/b17-11-. The number of amides is 1. The molecule has 0 aliphatic carbocycles. The van der Waals surface area contributed by atoms with Crippen LogP contribution in [0.1, 0.15) is 18.4 Å². The molecule has 0 spiro atoms. The maximum atomic E-state index is 12.6. The number of halogens is 1. The van der Waals surface area contributed by atoms with Crippen LogP contribution in [0, 0.1) is 0 Å². The number of hydrogen-bond acceptors (Lipinski definition) is 4. The fraction of sp³-hybridized carbons (Fsp3) is 0.150. The van der Waals surface area contributed by atoms with Gasteiger partial charge in [-0.2, -0.15) is 0 Å². The average Bonchev–Trinajstić information content (AvgIpc) is 2.89. The Morgan fingerprint density at radius 1 is 1.19 bits per heavy atom. The third-order valence-electron chi connectivity index (χ3n) is 3.99. The molecule has 1 saturated heterocycles. The molecular formula is C20H16ClNO3S2. The van der Waals surface area contributed by atoms with Crippen LogP contribution in [-0.2, 0) is 9.59 Å². The van der Waals surface area contributed by atoms with E-state index in [1.807, 2.05) is 54.6 Å². The highest BCUT2D eigenvalue weighted by atomic mass is 35.5. The number of carboxylic acids is 1. The van der Waals surface area contributed by atoms with Crippen molar-refractivity contribution in [2.24, 2.45) is 0 Å². The van der Waals surface area contributed by atoms with E-state index in [4.69, 9.17) is 28.9 Å². The Hall–Kier alpha value is -2.15. The molecule has 7 heteroatoms. The highest BCUT2D eigenvalue weighted by Gasteiger charge is 2.31. The first-order chi connectivity index (χ1) is 12.9. The number of carbonyl (C=O) groups is 2. The van der Waals surface area contributed by atoms with E-state index in [1.54, 1.807) is 0 Å². The van der Waals surface area contributed by atoms with Gasteiger partial charge in [0.15, 0.2) is 0 Å². The van der Waals surface area contributed by atoms with Crippen molar-refractivity contribution in [1.29, 1.82) is 0 Å². The summed E-state index contributed by atoms with van der Waals surface area (Å²) in [6.07, 6.45) is 2.20. The molecule has 1 aliphatic heterocycles. The molecule has 0 radical (unpaired) electrons. The zero-order chi connectivity index (χ0) is 19.4. The van der Waals surface area contributed by atoms with Crippen LogP contribution < -0.4 is 0 Å². The van der Waals surface area contributed by atoms with E-state index in [2.05, 4.69) is 0 Å². The number of rotatable bonds is 6. The van der Waals surface area contributed by atoms with Crippen molar-refractivity contribution in [1.82, 2.24) is 4.90 Å². The van der Waals surface area contributed by atoms with Crippen LogP contribution in [-0.4, -0.2) is 32.7 Å². The first-order valence-electron chi connectivity index (χ1n) is 8.27. The molecule has 1 fully saturated rings. The summed E-state index contributed by atoms with van der Waals surface area (Å²) in [6.45, 7) is 0.316. The van der Waals surface area contributed by atoms with Crippen LogP contribution in [0.4, 0.5) is 0 Å². The minimum Gasteiger partial charge on any atom is -0.481 e. The molecule has 2 aromatic carbocycles. The average molecular weight is 418 g/mol. The van der Waals surface area contributed by atoms with Crippen LogP contribution in [0.15, 0.2) is 53.4 Å². The van der Waals surface area contributed by atoms with Gasteiger partial charge in [0.2, 0.25) is 0 Å². The third-order valence-corrected chi connectivity index (χ3v) is 5.60. The molecule has 0 aromatic heterocycles. The second-order valence-corrected chi connectivity index (χ2v) is 8.08. The summed E-state index contributed by atoms with van der Waals surface area (Å²) >= 11 is 12.6. The Morgan fingerprint density at radius 3 is 2.59 bits per heavy atom. The van der Waals surface area contributed by atoms with Gasteiger partial charge in [0.25, 0.3) is 5.91 Å². The van der Waals surface area contributed by atoms with Gasteiger partial charge in [0.05, 0.1) is 4.91 Å². The molecule has 0 atom stereocenters. The lowest BCUT2D eigenvalue weighted by molar-refractivity contribution is -0.137. The molecule has 138 valence electrons. The van der Waals surface area contributed by atoms with Gasteiger partial charge in [-0.3, -0.25) is 14.5 Å². The van der Waals surface area contributed by atoms with Crippen molar-refractivity contribution in [3.05, 3.63) is 64.0 Å². The van der Waals surface area contributed by atoms with Gasteiger partial charge in [-0.15, -0.1) is 0 Å². The highest BCUT2D eigenvalue weighted by Crippen LogP contribution is 2.33. The Kier molecular flexibility index (Phi) is 6.31. The zero-order valence-corrected chi connectivity index (χ0v) is 16.6. The number of benzene rings is 2. The molecular weight excluding hydrogens is 402 g/mol. The fourth-order valence-electron chi connectivity index (χ4n) is 2.71. The van der Waals surface area contributed by atoms with E-state index in [-0.39, 0.29) is 12.3 Å². The number of thioether (sulfide) groups is 1. The maximum Gasteiger partial charge on any atom is 0.303 e. The maximum absolute atomic E-state index is 12.6. The molecule has 2 aromatic rings. The van der Waals surface area contributed by atoms with Crippen molar-refractivity contribution in [3.8, 4) is 11.1 Å². The largest absolute Gasteiger partial charge is 0.481 e. The van der Waals surface area contributed by atoms with Crippen molar-refractivity contribution in [2.45, 2.75) is 12.8 Å². The summed E-state index contributed by atoms with van der Waals surface area (Å²) in [5.74, 6) is -1.06. The molecule has 1 N–H and O–H groups in total. The first kappa shape index (κ1) is 19.6. The second kappa shape index (κ2) is 8.69. The Balaban J connectivity index is 1.79. The highest BCUT2D eigenvalue weighted by molar-refractivity contribution is 8.26. The van der Waals surface area contributed by atoms with Gasteiger partial charge in [-0.05, 0) is 47.4 Å². The van der Waals surface area contributed by atoms with Crippen molar-refractivity contribution >= 4 is 57.9 Å². The number of carboxylic acid groups (broad SMARTS) is 1. The van der Waals surface area contributed by atoms with E-state index < -0.39 is 5.97 Å². The van der Waals surface area contributed by atoms with Gasteiger partial charge in [0.1, 0.15) is 4.32 Å². The van der Waals surface area contributed by atoms with E-state index >= 15 is 0 Å². The third kappa shape index (κ3) is 4.97. The molecule has 1 aliphatic rings. The van der Waals surface area contributed by atoms with Gasteiger partial charge in [0, 0.05) is 18.0 Å². The van der Waals surface area contributed by atoms with Crippen LogP contribution in [0.25, 0.3) is 17.2 Å². The molecule has 27 heavy (non-hydrogen) atoms. The Labute approximate surface area is 171 Å². The predicted octanol–water partition coefficient (Wildman–Crippen LogP) is 5.07.